The zero-order valence-corrected chi connectivity index (χ0v) is 12.8. The van der Waals surface area contributed by atoms with Crippen molar-refractivity contribution in [1.82, 2.24) is 0 Å². The number of benzene rings is 2. The molecular formula is C19H21FO2. The number of hydrogen-bond donors (Lipinski definition) is 0. The summed E-state index contributed by atoms with van der Waals surface area (Å²) in [5.74, 6) is 0.546. The van der Waals surface area contributed by atoms with Gasteiger partial charge < -0.3 is 9.47 Å². The number of hydrogen-bond acceptors (Lipinski definition) is 2. The molecular weight excluding hydrogens is 279 g/mol. The van der Waals surface area contributed by atoms with E-state index in [4.69, 9.17) is 9.47 Å². The van der Waals surface area contributed by atoms with Crippen molar-refractivity contribution in [2.75, 3.05) is 0 Å². The third-order valence-electron chi connectivity index (χ3n) is 4.05. The van der Waals surface area contributed by atoms with Crippen LogP contribution in [0.5, 0.6) is 5.75 Å². The second-order valence-electron chi connectivity index (χ2n) is 5.69. The SMILES string of the molecule is CC[C@@H]1O[C@H]1CCc1cc(F)ccc1OCc1ccccc1. The quantitative estimate of drug-likeness (QED) is 0.702. The lowest BCUT2D eigenvalue weighted by Gasteiger charge is -2.11. The average Bonchev–Trinajstić information content (AvgIpc) is 3.31. The van der Waals surface area contributed by atoms with E-state index in [1.54, 1.807) is 12.1 Å². The van der Waals surface area contributed by atoms with Crippen molar-refractivity contribution in [2.24, 2.45) is 0 Å². The summed E-state index contributed by atoms with van der Waals surface area (Å²) in [4.78, 5) is 0. The minimum atomic E-state index is -0.217. The number of rotatable bonds is 7. The molecule has 22 heavy (non-hydrogen) atoms. The van der Waals surface area contributed by atoms with E-state index in [1.165, 1.54) is 6.07 Å². The molecule has 0 spiro atoms. The molecule has 1 fully saturated rings. The molecule has 0 unspecified atom stereocenters. The highest BCUT2D eigenvalue weighted by Crippen LogP contribution is 2.31. The first kappa shape index (κ1) is 15.0. The fraction of sp³-hybridized carbons (Fsp3) is 0.368. The maximum Gasteiger partial charge on any atom is 0.123 e. The van der Waals surface area contributed by atoms with E-state index in [0.29, 0.717) is 18.8 Å². The van der Waals surface area contributed by atoms with Crippen molar-refractivity contribution < 1.29 is 13.9 Å². The molecule has 3 heteroatoms. The van der Waals surface area contributed by atoms with Gasteiger partial charge in [-0.2, -0.15) is 0 Å². The van der Waals surface area contributed by atoms with Gasteiger partial charge in [-0.25, -0.2) is 4.39 Å². The van der Waals surface area contributed by atoms with Gasteiger partial charge in [0.2, 0.25) is 0 Å². The number of halogens is 1. The lowest BCUT2D eigenvalue weighted by Crippen LogP contribution is -2.01. The number of epoxide rings is 1. The Hall–Kier alpha value is -1.87. The topological polar surface area (TPSA) is 21.8 Å². The highest BCUT2D eigenvalue weighted by atomic mass is 19.1. The summed E-state index contributed by atoms with van der Waals surface area (Å²) in [5, 5.41) is 0. The van der Waals surface area contributed by atoms with Gasteiger partial charge in [-0.15, -0.1) is 0 Å². The van der Waals surface area contributed by atoms with Crippen molar-refractivity contribution in [3.05, 3.63) is 65.5 Å². The Labute approximate surface area is 130 Å². The molecule has 1 aliphatic heterocycles. The maximum absolute atomic E-state index is 13.5. The summed E-state index contributed by atoms with van der Waals surface area (Å²) >= 11 is 0. The van der Waals surface area contributed by atoms with Crippen LogP contribution in [0, 0.1) is 5.82 Å². The molecule has 1 saturated heterocycles. The molecule has 3 rings (SSSR count). The van der Waals surface area contributed by atoms with E-state index >= 15 is 0 Å². The lowest BCUT2D eigenvalue weighted by atomic mass is 10.1. The predicted octanol–water partition coefficient (Wildman–Crippen LogP) is 4.51. The van der Waals surface area contributed by atoms with Crippen LogP contribution in [0.15, 0.2) is 48.5 Å². The van der Waals surface area contributed by atoms with Gasteiger partial charge in [0.25, 0.3) is 0 Å². The van der Waals surface area contributed by atoms with Crippen molar-refractivity contribution >= 4 is 0 Å². The standard InChI is InChI=1S/C19H21FO2/c1-2-17-19(22-17)10-8-15-12-16(20)9-11-18(15)21-13-14-6-4-3-5-7-14/h3-7,9,11-12,17,19H,2,8,10,13H2,1H3/t17-,19-/m0/s1. The van der Waals surface area contributed by atoms with Crippen LogP contribution in [-0.2, 0) is 17.8 Å². The Kier molecular flexibility index (Phi) is 4.74. The molecule has 0 amide bonds. The molecule has 0 N–H and O–H groups in total. The van der Waals surface area contributed by atoms with Gasteiger partial charge >= 0.3 is 0 Å². The largest absolute Gasteiger partial charge is 0.489 e. The highest BCUT2D eigenvalue weighted by Gasteiger charge is 2.36. The molecule has 116 valence electrons. The summed E-state index contributed by atoms with van der Waals surface area (Å²) in [6, 6.07) is 14.7. The van der Waals surface area contributed by atoms with Gasteiger partial charge in [-0.05, 0) is 48.6 Å². The van der Waals surface area contributed by atoms with Gasteiger partial charge in [0.1, 0.15) is 18.2 Å². The zero-order chi connectivity index (χ0) is 15.4. The van der Waals surface area contributed by atoms with Crippen LogP contribution in [-0.4, -0.2) is 12.2 Å². The summed E-state index contributed by atoms with van der Waals surface area (Å²) < 4.78 is 24.9. The van der Waals surface area contributed by atoms with Gasteiger partial charge in [-0.1, -0.05) is 37.3 Å². The van der Waals surface area contributed by atoms with Gasteiger partial charge in [0.15, 0.2) is 0 Å². The minimum Gasteiger partial charge on any atom is -0.489 e. The first-order chi connectivity index (χ1) is 10.8. The Morgan fingerprint density at radius 3 is 2.64 bits per heavy atom. The molecule has 0 bridgehead atoms. The highest BCUT2D eigenvalue weighted by molar-refractivity contribution is 5.34. The summed E-state index contributed by atoms with van der Waals surface area (Å²) in [5.41, 5.74) is 2.02. The van der Waals surface area contributed by atoms with Crippen LogP contribution in [0.4, 0.5) is 4.39 Å². The lowest BCUT2D eigenvalue weighted by molar-refractivity contribution is 0.301. The van der Waals surface area contributed by atoms with Crippen molar-refractivity contribution in [3.63, 3.8) is 0 Å². The van der Waals surface area contributed by atoms with Crippen molar-refractivity contribution in [1.29, 1.82) is 0 Å². The molecule has 2 aromatic carbocycles. The molecule has 1 heterocycles. The van der Waals surface area contributed by atoms with Crippen LogP contribution in [0.25, 0.3) is 0 Å². The van der Waals surface area contributed by atoms with E-state index in [9.17, 15) is 4.39 Å². The minimum absolute atomic E-state index is 0.217. The van der Waals surface area contributed by atoms with Crippen molar-refractivity contribution in [2.45, 2.75) is 45.0 Å². The molecule has 0 radical (unpaired) electrons. The smallest absolute Gasteiger partial charge is 0.123 e. The van der Waals surface area contributed by atoms with E-state index in [2.05, 4.69) is 6.92 Å². The van der Waals surface area contributed by atoms with Gasteiger partial charge in [0, 0.05) is 0 Å². The van der Waals surface area contributed by atoms with E-state index in [1.807, 2.05) is 30.3 Å². The van der Waals surface area contributed by atoms with Crippen LogP contribution >= 0.6 is 0 Å². The zero-order valence-electron chi connectivity index (χ0n) is 12.8. The van der Waals surface area contributed by atoms with E-state index in [0.717, 1.165) is 36.1 Å². The Morgan fingerprint density at radius 1 is 1.09 bits per heavy atom. The van der Waals surface area contributed by atoms with E-state index in [-0.39, 0.29) is 5.82 Å². The van der Waals surface area contributed by atoms with Gasteiger partial charge in [-0.3, -0.25) is 0 Å². The molecule has 0 aromatic heterocycles. The second-order valence-corrected chi connectivity index (χ2v) is 5.69. The monoisotopic (exact) mass is 300 g/mol. The predicted molar refractivity (Wildman–Crippen MR) is 84.4 cm³/mol. The molecule has 0 aliphatic carbocycles. The van der Waals surface area contributed by atoms with Crippen LogP contribution in [0.2, 0.25) is 0 Å². The Bertz CT molecular complexity index is 612. The fourth-order valence-electron chi connectivity index (χ4n) is 2.71. The van der Waals surface area contributed by atoms with E-state index < -0.39 is 0 Å². The number of aryl methyl sites for hydroxylation is 1. The molecule has 2 atom stereocenters. The third-order valence-corrected chi connectivity index (χ3v) is 4.05. The summed E-state index contributed by atoms with van der Waals surface area (Å²) in [7, 11) is 0. The average molecular weight is 300 g/mol. The Balaban J connectivity index is 1.62. The van der Waals surface area contributed by atoms with Crippen LogP contribution < -0.4 is 4.74 Å². The summed E-state index contributed by atoms with van der Waals surface area (Å²) in [6.07, 6.45) is 3.47. The number of ether oxygens (including phenoxy) is 2. The molecule has 0 saturated carbocycles. The van der Waals surface area contributed by atoms with Gasteiger partial charge in [0.05, 0.1) is 12.2 Å². The molecule has 1 aliphatic rings. The first-order valence-electron chi connectivity index (χ1n) is 7.87. The van der Waals surface area contributed by atoms with Crippen LogP contribution in [0.3, 0.4) is 0 Å². The van der Waals surface area contributed by atoms with Crippen LogP contribution in [0.1, 0.15) is 30.9 Å². The molecule has 2 aromatic rings. The third kappa shape index (κ3) is 3.86. The normalized spacial score (nSPS) is 19.9. The van der Waals surface area contributed by atoms with Crippen molar-refractivity contribution in [3.8, 4) is 5.75 Å². The molecule has 2 nitrogen and oxygen atoms in total. The Morgan fingerprint density at radius 2 is 1.91 bits per heavy atom. The maximum atomic E-state index is 13.5. The summed E-state index contributed by atoms with van der Waals surface area (Å²) in [6.45, 7) is 2.62. The second kappa shape index (κ2) is 6.93. The fourth-order valence-corrected chi connectivity index (χ4v) is 2.71. The first-order valence-corrected chi connectivity index (χ1v) is 7.87.